The Kier molecular flexibility index (Phi) is 3.27. The van der Waals surface area contributed by atoms with E-state index in [2.05, 4.69) is 20.9 Å². The van der Waals surface area contributed by atoms with Gasteiger partial charge in [0.1, 0.15) is 11.9 Å². The van der Waals surface area contributed by atoms with E-state index >= 15 is 0 Å². The Labute approximate surface area is 124 Å². The van der Waals surface area contributed by atoms with Crippen molar-refractivity contribution in [1.29, 1.82) is 0 Å². The number of benzene rings is 1. The predicted octanol–water partition coefficient (Wildman–Crippen LogP) is 2.94. The highest BCUT2D eigenvalue weighted by atomic mass is 79.9. The number of alkyl halides is 1. The second-order valence-corrected chi connectivity index (χ2v) is 5.91. The van der Waals surface area contributed by atoms with Gasteiger partial charge in [0.2, 0.25) is 5.91 Å². The average Bonchev–Trinajstić information content (AvgIpc) is 2.91. The van der Waals surface area contributed by atoms with E-state index in [0.717, 1.165) is 34.3 Å². The first kappa shape index (κ1) is 12.9. The first-order valence-corrected chi connectivity index (χ1v) is 7.42. The first-order chi connectivity index (χ1) is 9.11. The smallest absolute Gasteiger partial charge is 0.245 e. The maximum atomic E-state index is 12.2. The summed E-state index contributed by atoms with van der Waals surface area (Å²) in [6.07, 6.45) is 0.803. The van der Waals surface area contributed by atoms with E-state index in [-0.39, 0.29) is 11.9 Å². The monoisotopic (exact) mass is 341 g/mol. The molecule has 0 aliphatic carbocycles. The molecule has 1 aromatic carbocycles. The fourth-order valence-corrected chi connectivity index (χ4v) is 3.14. The third kappa shape index (κ3) is 2.05. The number of likely N-dealkylation sites (N-methyl/N-ethyl adjacent to an activating group) is 1. The third-order valence-corrected chi connectivity index (χ3v) is 4.29. The first-order valence-electron chi connectivity index (χ1n) is 6.09. The Balaban J connectivity index is 2.20. The van der Waals surface area contributed by atoms with Gasteiger partial charge < -0.3 is 9.47 Å². The molecule has 1 aromatic heterocycles. The Hall–Kier alpha value is -1.07. The molecule has 6 heteroatoms. The second-order valence-electron chi connectivity index (χ2n) is 4.73. The molecule has 1 fully saturated rings. The van der Waals surface area contributed by atoms with Crippen molar-refractivity contribution in [3.63, 3.8) is 0 Å². The molecule has 0 spiro atoms. The van der Waals surface area contributed by atoms with Gasteiger partial charge in [0.15, 0.2) is 0 Å². The van der Waals surface area contributed by atoms with Crippen LogP contribution in [-0.4, -0.2) is 34.0 Å². The number of nitrogens with zero attached hydrogens (tertiary/aromatic N) is 3. The molecule has 1 aliphatic rings. The van der Waals surface area contributed by atoms with Gasteiger partial charge in [-0.1, -0.05) is 15.9 Å². The van der Waals surface area contributed by atoms with E-state index in [4.69, 9.17) is 11.6 Å². The SMILES string of the molecule is CN1CCC(n2c(CCl)nc3ccc(Br)cc32)C1=O. The molecule has 0 N–H and O–H groups in total. The summed E-state index contributed by atoms with van der Waals surface area (Å²) in [6, 6.07) is 5.69. The second kappa shape index (κ2) is 4.80. The Bertz CT molecular complexity index is 655. The summed E-state index contributed by atoms with van der Waals surface area (Å²) >= 11 is 9.45. The van der Waals surface area contributed by atoms with Crippen LogP contribution in [0.5, 0.6) is 0 Å². The van der Waals surface area contributed by atoms with Gasteiger partial charge in [-0.3, -0.25) is 4.79 Å². The fraction of sp³-hybridized carbons (Fsp3) is 0.385. The van der Waals surface area contributed by atoms with Gasteiger partial charge in [-0.25, -0.2) is 4.98 Å². The van der Waals surface area contributed by atoms with Crippen LogP contribution in [0.25, 0.3) is 11.0 Å². The maximum absolute atomic E-state index is 12.2. The minimum absolute atomic E-state index is 0.130. The van der Waals surface area contributed by atoms with Crippen molar-refractivity contribution in [2.45, 2.75) is 18.3 Å². The lowest BCUT2D eigenvalue weighted by molar-refractivity contribution is -0.129. The maximum Gasteiger partial charge on any atom is 0.245 e. The number of hydrogen-bond donors (Lipinski definition) is 0. The van der Waals surface area contributed by atoms with Crippen molar-refractivity contribution >= 4 is 44.5 Å². The number of carbonyl (C=O) groups is 1. The van der Waals surface area contributed by atoms with Crippen LogP contribution in [0.15, 0.2) is 22.7 Å². The van der Waals surface area contributed by atoms with Crippen LogP contribution in [0.1, 0.15) is 18.3 Å². The molecular formula is C13H13BrClN3O. The van der Waals surface area contributed by atoms with Gasteiger partial charge in [-0.15, -0.1) is 11.6 Å². The molecule has 1 unspecified atom stereocenters. The van der Waals surface area contributed by atoms with E-state index in [1.165, 1.54) is 0 Å². The topological polar surface area (TPSA) is 38.1 Å². The van der Waals surface area contributed by atoms with E-state index < -0.39 is 0 Å². The highest BCUT2D eigenvalue weighted by Crippen LogP contribution is 2.30. The van der Waals surface area contributed by atoms with Gasteiger partial charge >= 0.3 is 0 Å². The Morgan fingerprint density at radius 1 is 1.53 bits per heavy atom. The molecule has 1 aliphatic heterocycles. The Morgan fingerprint density at radius 2 is 2.32 bits per heavy atom. The highest BCUT2D eigenvalue weighted by molar-refractivity contribution is 9.10. The zero-order valence-electron chi connectivity index (χ0n) is 10.4. The molecular weight excluding hydrogens is 330 g/mol. The summed E-state index contributed by atoms with van der Waals surface area (Å²) in [4.78, 5) is 18.5. The molecule has 2 heterocycles. The summed E-state index contributed by atoms with van der Waals surface area (Å²) in [5.74, 6) is 1.19. The summed E-state index contributed by atoms with van der Waals surface area (Å²) in [5, 5.41) is 0. The number of carbonyl (C=O) groups excluding carboxylic acids is 1. The van der Waals surface area contributed by atoms with Crippen LogP contribution >= 0.6 is 27.5 Å². The number of likely N-dealkylation sites (tertiary alicyclic amines) is 1. The number of hydrogen-bond acceptors (Lipinski definition) is 2. The molecule has 4 nitrogen and oxygen atoms in total. The third-order valence-electron chi connectivity index (χ3n) is 3.56. The van der Waals surface area contributed by atoms with Gasteiger partial charge in [0.25, 0.3) is 0 Å². The number of fused-ring (bicyclic) bond motifs is 1. The van der Waals surface area contributed by atoms with Gasteiger partial charge in [-0.05, 0) is 24.6 Å². The highest BCUT2D eigenvalue weighted by Gasteiger charge is 2.33. The standard InChI is InChI=1S/C13H13BrClN3O/c1-17-5-4-10(13(17)19)18-11-6-8(14)2-3-9(11)16-12(18)7-15/h2-3,6,10H,4-5,7H2,1H3. The molecule has 0 saturated carbocycles. The number of aromatic nitrogens is 2. The lowest BCUT2D eigenvalue weighted by Crippen LogP contribution is -2.25. The van der Waals surface area contributed by atoms with Crippen molar-refractivity contribution in [2.75, 3.05) is 13.6 Å². The number of rotatable bonds is 2. The summed E-state index contributed by atoms with van der Waals surface area (Å²) < 4.78 is 2.96. The van der Waals surface area contributed by atoms with Gasteiger partial charge in [0.05, 0.1) is 16.9 Å². The Morgan fingerprint density at radius 3 is 2.95 bits per heavy atom. The minimum atomic E-state index is -0.182. The molecule has 1 amide bonds. The van der Waals surface area contributed by atoms with Crippen LogP contribution in [0.4, 0.5) is 0 Å². The normalized spacial score (nSPS) is 19.6. The average molecular weight is 343 g/mol. The van der Waals surface area contributed by atoms with Crippen molar-refractivity contribution in [3.05, 3.63) is 28.5 Å². The van der Waals surface area contributed by atoms with E-state index in [0.29, 0.717) is 5.88 Å². The zero-order chi connectivity index (χ0) is 13.6. The van der Waals surface area contributed by atoms with Crippen LogP contribution in [0.2, 0.25) is 0 Å². The van der Waals surface area contributed by atoms with E-state index in [1.54, 1.807) is 4.90 Å². The molecule has 100 valence electrons. The quantitative estimate of drug-likeness (QED) is 0.787. The number of amides is 1. The predicted molar refractivity (Wildman–Crippen MR) is 78.3 cm³/mol. The number of imidazole rings is 1. The summed E-state index contributed by atoms with van der Waals surface area (Å²) in [5.41, 5.74) is 1.83. The number of halogens is 2. The van der Waals surface area contributed by atoms with Crippen molar-refractivity contribution in [2.24, 2.45) is 0 Å². The van der Waals surface area contributed by atoms with Crippen LogP contribution in [0, 0.1) is 0 Å². The van der Waals surface area contributed by atoms with Gasteiger partial charge in [-0.2, -0.15) is 0 Å². The zero-order valence-corrected chi connectivity index (χ0v) is 12.8. The molecule has 1 saturated heterocycles. The molecule has 1 atom stereocenters. The lowest BCUT2D eigenvalue weighted by Gasteiger charge is -2.15. The molecule has 0 radical (unpaired) electrons. The fourth-order valence-electron chi connectivity index (χ4n) is 2.60. The summed E-state index contributed by atoms with van der Waals surface area (Å²) in [7, 11) is 1.83. The van der Waals surface area contributed by atoms with Crippen LogP contribution < -0.4 is 0 Å². The van der Waals surface area contributed by atoms with E-state index in [9.17, 15) is 4.79 Å². The molecule has 0 bridgehead atoms. The largest absolute Gasteiger partial charge is 0.344 e. The summed E-state index contributed by atoms with van der Waals surface area (Å²) in [6.45, 7) is 0.777. The minimum Gasteiger partial charge on any atom is -0.344 e. The van der Waals surface area contributed by atoms with Crippen molar-refractivity contribution in [1.82, 2.24) is 14.5 Å². The van der Waals surface area contributed by atoms with Crippen LogP contribution in [0.3, 0.4) is 0 Å². The molecule has 19 heavy (non-hydrogen) atoms. The molecule has 2 aromatic rings. The van der Waals surface area contributed by atoms with E-state index in [1.807, 2.05) is 29.8 Å². The van der Waals surface area contributed by atoms with Gasteiger partial charge in [0, 0.05) is 18.1 Å². The van der Waals surface area contributed by atoms with Crippen molar-refractivity contribution in [3.8, 4) is 0 Å². The molecule has 3 rings (SSSR count). The lowest BCUT2D eigenvalue weighted by atomic mass is 10.2. The van der Waals surface area contributed by atoms with Crippen molar-refractivity contribution < 1.29 is 4.79 Å². The van der Waals surface area contributed by atoms with Crippen LogP contribution in [-0.2, 0) is 10.7 Å².